The SMILES string of the molecule is C1=CC(C(c2ccccc2)(c2ccccc2)C2c3ccccc3-c3ccccc32)c2cc(-c3ccc4ccccc4c3)ccc21. The summed E-state index contributed by atoms with van der Waals surface area (Å²) in [4.78, 5) is 0. The molecule has 0 saturated carbocycles. The molecule has 0 aromatic heterocycles. The lowest BCUT2D eigenvalue weighted by Gasteiger charge is -2.46. The third-order valence-corrected chi connectivity index (χ3v) is 10.3. The molecule has 7 aromatic rings. The highest BCUT2D eigenvalue weighted by Gasteiger charge is 2.53. The molecule has 9 rings (SSSR count). The Labute approximate surface area is 265 Å². The van der Waals surface area contributed by atoms with Crippen LogP contribution in [-0.4, -0.2) is 0 Å². The Kier molecular flexibility index (Phi) is 5.96. The van der Waals surface area contributed by atoms with Crippen LogP contribution in [0, 0.1) is 0 Å². The van der Waals surface area contributed by atoms with Gasteiger partial charge in [0.25, 0.3) is 0 Å². The van der Waals surface area contributed by atoms with Gasteiger partial charge < -0.3 is 0 Å². The lowest BCUT2D eigenvalue weighted by molar-refractivity contribution is 0.417. The first kappa shape index (κ1) is 26.0. The molecule has 2 aliphatic carbocycles. The summed E-state index contributed by atoms with van der Waals surface area (Å²) in [7, 11) is 0. The Morgan fingerprint density at radius 1 is 0.400 bits per heavy atom. The van der Waals surface area contributed by atoms with E-state index in [0.717, 1.165) is 0 Å². The van der Waals surface area contributed by atoms with Crippen molar-refractivity contribution in [2.24, 2.45) is 0 Å². The number of rotatable bonds is 5. The maximum absolute atomic E-state index is 2.48. The van der Waals surface area contributed by atoms with Crippen molar-refractivity contribution in [1.29, 1.82) is 0 Å². The molecule has 2 aliphatic rings. The van der Waals surface area contributed by atoms with Gasteiger partial charge in [-0.25, -0.2) is 0 Å². The van der Waals surface area contributed by atoms with E-state index >= 15 is 0 Å². The quantitative estimate of drug-likeness (QED) is 0.192. The third kappa shape index (κ3) is 3.92. The molecular formula is C45H32. The molecule has 0 spiro atoms. The molecule has 0 heteroatoms. The van der Waals surface area contributed by atoms with Crippen molar-refractivity contribution in [3.8, 4) is 22.3 Å². The zero-order valence-electron chi connectivity index (χ0n) is 25.0. The molecule has 0 fully saturated rings. The summed E-state index contributed by atoms with van der Waals surface area (Å²) in [5.41, 5.74) is 13.0. The standard InChI is InChI=1S/C45H32/c1-3-15-36(16-4-1)45(37-17-5-2-6-18-37,44-40-21-11-9-19-38(40)39-20-10-12-22-41(39)44)43-28-27-32-24-26-35(30-42(32)43)34-25-23-31-13-7-8-14-33(31)29-34/h1-30,43-44H. The highest BCUT2D eigenvalue weighted by atomic mass is 14.5. The predicted octanol–water partition coefficient (Wildman–Crippen LogP) is 11.4. The second kappa shape index (κ2) is 10.3. The molecule has 1 atom stereocenters. The van der Waals surface area contributed by atoms with Crippen molar-refractivity contribution in [2.45, 2.75) is 17.3 Å². The minimum Gasteiger partial charge on any atom is -0.0751 e. The largest absolute Gasteiger partial charge is 0.0751 e. The van der Waals surface area contributed by atoms with E-state index in [9.17, 15) is 0 Å². The van der Waals surface area contributed by atoms with Crippen molar-refractivity contribution >= 4 is 16.8 Å². The molecule has 0 N–H and O–H groups in total. The van der Waals surface area contributed by atoms with Crippen molar-refractivity contribution in [2.75, 3.05) is 0 Å². The number of hydrogen-bond acceptors (Lipinski definition) is 0. The Bertz CT molecular complexity index is 2140. The zero-order chi connectivity index (χ0) is 29.8. The summed E-state index contributed by atoms with van der Waals surface area (Å²) in [6.07, 6.45) is 4.84. The van der Waals surface area contributed by atoms with Crippen LogP contribution in [0.15, 0.2) is 176 Å². The average Bonchev–Trinajstić information content (AvgIpc) is 3.69. The first-order valence-corrected chi connectivity index (χ1v) is 15.9. The predicted molar refractivity (Wildman–Crippen MR) is 189 cm³/mol. The van der Waals surface area contributed by atoms with Crippen LogP contribution in [0.3, 0.4) is 0 Å². The van der Waals surface area contributed by atoms with E-state index in [2.05, 4.69) is 182 Å². The molecular weight excluding hydrogens is 540 g/mol. The fourth-order valence-corrected chi connectivity index (χ4v) is 8.36. The Morgan fingerprint density at radius 2 is 0.933 bits per heavy atom. The van der Waals surface area contributed by atoms with Gasteiger partial charge in [-0.3, -0.25) is 0 Å². The Balaban J connectivity index is 1.33. The van der Waals surface area contributed by atoms with Gasteiger partial charge in [0.15, 0.2) is 0 Å². The monoisotopic (exact) mass is 572 g/mol. The fourth-order valence-electron chi connectivity index (χ4n) is 8.36. The van der Waals surface area contributed by atoms with Gasteiger partial charge in [-0.15, -0.1) is 0 Å². The normalized spacial score (nSPS) is 15.2. The number of allylic oxidation sites excluding steroid dienone is 1. The number of fused-ring (bicyclic) bond motifs is 5. The second-order valence-corrected chi connectivity index (χ2v) is 12.5. The van der Waals surface area contributed by atoms with Crippen LogP contribution in [-0.2, 0) is 5.41 Å². The van der Waals surface area contributed by atoms with Gasteiger partial charge in [-0.1, -0.05) is 170 Å². The van der Waals surface area contributed by atoms with Gasteiger partial charge in [0, 0.05) is 17.3 Å². The molecule has 0 saturated heterocycles. The molecule has 0 bridgehead atoms. The van der Waals surface area contributed by atoms with Crippen LogP contribution >= 0.6 is 0 Å². The van der Waals surface area contributed by atoms with Gasteiger partial charge in [-0.2, -0.15) is 0 Å². The molecule has 212 valence electrons. The van der Waals surface area contributed by atoms with Crippen LogP contribution in [0.2, 0.25) is 0 Å². The molecule has 0 aliphatic heterocycles. The summed E-state index contributed by atoms with van der Waals surface area (Å²) in [5.74, 6) is 0.238. The lowest BCUT2D eigenvalue weighted by atomic mass is 9.55. The number of hydrogen-bond donors (Lipinski definition) is 0. The van der Waals surface area contributed by atoms with Crippen molar-refractivity contribution < 1.29 is 0 Å². The van der Waals surface area contributed by atoms with E-state index in [-0.39, 0.29) is 11.8 Å². The van der Waals surface area contributed by atoms with Crippen molar-refractivity contribution in [1.82, 2.24) is 0 Å². The van der Waals surface area contributed by atoms with Gasteiger partial charge >= 0.3 is 0 Å². The van der Waals surface area contributed by atoms with Crippen molar-refractivity contribution in [3.63, 3.8) is 0 Å². The summed E-state index contributed by atoms with van der Waals surface area (Å²) < 4.78 is 0. The summed E-state index contributed by atoms with van der Waals surface area (Å²) >= 11 is 0. The molecule has 0 amide bonds. The van der Waals surface area contributed by atoms with E-state index in [1.165, 1.54) is 66.4 Å². The molecule has 1 unspecified atom stereocenters. The van der Waals surface area contributed by atoms with E-state index < -0.39 is 5.41 Å². The average molecular weight is 573 g/mol. The fraction of sp³-hybridized carbons (Fsp3) is 0.0667. The topological polar surface area (TPSA) is 0 Å². The minimum atomic E-state index is -0.394. The summed E-state index contributed by atoms with van der Waals surface area (Å²) in [6.45, 7) is 0. The van der Waals surface area contributed by atoms with Gasteiger partial charge in [0.2, 0.25) is 0 Å². The smallest absolute Gasteiger partial charge is 0.0415 e. The van der Waals surface area contributed by atoms with E-state index in [1.807, 2.05) is 0 Å². The molecule has 45 heavy (non-hydrogen) atoms. The van der Waals surface area contributed by atoms with Crippen LogP contribution in [0.1, 0.15) is 45.2 Å². The minimum absolute atomic E-state index is 0.113. The van der Waals surface area contributed by atoms with Crippen molar-refractivity contribution in [3.05, 3.63) is 209 Å². The maximum atomic E-state index is 2.48. The van der Waals surface area contributed by atoms with Crippen LogP contribution < -0.4 is 0 Å². The first-order chi connectivity index (χ1) is 22.3. The van der Waals surface area contributed by atoms with E-state index in [1.54, 1.807) is 0 Å². The lowest BCUT2D eigenvalue weighted by Crippen LogP contribution is -2.40. The molecule has 0 radical (unpaired) electrons. The maximum Gasteiger partial charge on any atom is 0.0415 e. The number of benzene rings is 7. The Morgan fingerprint density at radius 3 is 1.60 bits per heavy atom. The summed E-state index contributed by atoms with van der Waals surface area (Å²) in [5, 5.41) is 2.54. The van der Waals surface area contributed by atoms with Crippen LogP contribution in [0.25, 0.3) is 39.1 Å². The van der Waals surface area contributed by atoms with E-state index in [4.69, 9.17) is 0 Å². The second-order valence-electron chi connectivity index (χ2n) is 12.5. The highest BCUT2D eigenvalue weighted by molar-refractivity contribution is 5.88. The van der Waals surface area contributed by atoms with Crippen LogP contribution in [0.5, 0.6) is 0 Å². The third-order valence-electron chi connectivity index (χ3n) is 10.3. The van der Waals surface area contributed by atoms with Gasteiger partial charge in [0.05, 0.1) is 0 Å². The first-order valence-electron chi connectivity index (χ1n) is 15.9. The molecule has 0 heterocycles. The van der Waals surface area contributed by atoms with E-state index in [0.29, 0.717) is 0 Å². The zero-order valence-corrected chi connectivity index (χ0v) is 25.0. The Hall–Kier alpha value is -5.46. The van der Waals surface area contributed by atoms with Gasteiger partial charge in [-0.05, 0) is 78.5 Å². The van der Waals surface area contributed by atoms with Crippen LogP contribution in [0.4, 0.5) is 0 Å². The highest BCUT2D eigenvalue weighted by Crippen LogP contribution is 2.63. The van der Waals surface area contributed by atoms with Gasteiger partial charge in [0.1, 0.15) is 0 Å². The summed E-state index contributed by atoms with van der Waals surface area (Å²) in [6, 6.07) is 63.3. The molecule has 0 nitrogen and oxygen atoms in total. The molecule has 7 aromatic carbocycles.